The Hall–Kier alpha value is -7.17. The third kappa shape index (κ3) is 5.58. The summed E-state index contributed by atoms with van der Waals surface area (Å²) in [5, 5.41) is 4.64. The van der Waals surface area contributed by atoms with Gasteiger partial charge in [0, 0.05) is 38.3 Å². The minimum absolute atomic E-state index is 0.105. The second-order valence-corrected chi connectivity index (χ2v) is 21.1. The molecule has 5 unspecified atom stereocenters. The summed E-state index contributed by atoms with van der Waals surface area (Å²) in [4.78, 5) is 16.6. The van der Waals surface area contributed by atoms with Gasteiger partial charge in [-0.05, 0) is 146 Å². The van der Waals surface area contributed by atoms with Gasteiger partial charge in [0.25, 0.3) is 0 Å². The monoisotopic (exact) mass is 879 g/mol. The van der Waals surface area contributed by atoms with Gasteiger partial charge in [0.2, 0.25) is 0 Å². The Morgan fingerprint density at radius 1 is 0.485 bits per heavy atom. The molecule has 2 aromatic heterocycles. The summed E-state index contributed by atoms with van der Waals surface area (Å²) in [6, 6.07) is 60.2. The lowest BCUT2D eigenvalue weighted by atomic mass is 9.49. The van der Waals surface area contributed by atoms with Gasteiger partial charge >= 0.3 is 0 Å². The largest absolute Gasteiger partial charge is 0.456 e. The van der Waals surface area contributed by atoms with E-state index < -0.39 is 0 Å². The molecule has 14 rings (SSSR count). The average molecular weight is 880 g/mol. The van der Waals surface area contributed by atoms with E-state index in [0.717, 1.165) is 61.6 Å². The van der Waals surface area contributed by atoms with Crippen molar-refractivity contribution in [2.75, 3.05) is 0 Å². The van der Waals surface area contributed by atoms with Crippen LogP contribution in [0.4, 0.5) is 0 Å². The Morgan fingerprint density at radius 3 is 2.00 bits per heavy atom. The number of hydrogen-bond acceptors (Lipinski definition) is 4. The van der Waals surface area contributed by atoms with E-state index >= 15 is 0 Å². The molecule has 0 N–H and O–H groups in total. The van der Waals surface area contributed by atoms with E-state index in [1.165, 1.54) is 87.4 Å². The van der Waals surface area contributed by atoms with Gasteiger partial charge in [0.15, 0.2) is 17.5 Å². The molecule has 5 atom stereocenters. The first-order valence-corrected chi connectivity index (χ1v) is 25.0. The first kappa shape index (κ1) is 39.9. The highest BCUT2D eigenvalue weighted by molar-refractivity contribution is 6.23. The fourth-order valence-electron chi connectivity index (χ4n) is 14.3. The minimum Gasteiger partial charge on any atom is -0.456 e. The van der Waals surface area contributed by atoms with Crippen LogP contribution in [-0.2, 0) is 10.8 Å². The van der Waals surface area contributed by atoms with E-state index in [4.69, 9.17) is 19.4 Å². The van der Waals surface area contributed by atoms with E-state index in [1.54, 1.807) is 0 Å². The van der Waals surface area contributed by atoms with Crippen molar-refractivity contribution >= 4 is 32.7 Å². The van der Waals surface area contributed by atoms with Crippen molar-refractivity contribution in [1.29, 1.82) is 0 Å². The predicted octanol–water partition coefficient (Wildman–Crippen LogP) is 16.6. The molecule has 1 spiro atoms. The molecule has 4 aliphatic carbocycles. The van der Waals surface area contributed by atoms with Crippen LogP contribution in [0.1, 0.15) is 82.1 Å². The maximum atomic E-state index is 6.78. The summed E-state index contributed by atoms with van der Waals surface area (Å²) in [5.74, 6) is 4.59. The van der Waals surface area contributed by atoms with Crippen LogP contribution < -0.4 is 0 Å². The zero-order chi connectivity index (χ0) is 45.5. The second kappa shape index (κ2) is 14.7. The topological polar surface area (TPSA) is 51.8 Å². The molecule has 2 fully saturated rings. The Labute approximate surface area is 398 Å². The lowest BCUT2D eigenvalue weighted by molar-refractivity contribution is 0.0368. The molecule has 0 amide bonds. The third-order valence-electron chi connectivity index (χ3n) is 17.3. The van der Waals surface area contributed by atoms with Crippen molar-refractivity contribution in [3.63, 3.8) is 0 Å². The fourth-order valence-corrected chi connectivity index (χ4v) is 14.3. The molecule has 4 heteroatoms. The molecule has 330 valence electrons. The van der Waals surface area contributed by atoms with Crippen LogP contribution in [-0.4, -0.2) is 15.0 Å². The van der Waals surface area contributed by atoms with Gasteiger partial charge in [-0.1, -0.05) is 168 Å². The van der Waals surface area contributed by atoms with Gasteiger partial charge < -0.3 is 4.42 Å². The van der Waals surface area contributed by atoms with Gasteiger partial charge in [-0.25, -0.2) is 15.0 Å². The summed E-state index contributed by atoms with van der Waals surface area (Å²) >= 11 is 0. The number of aromatic nitrogens is 3. The lowest BCUT2D eigenvalue weighted by Crippen LogP contribution is -2.49. The van der Waals surface area contributed by atoms with Crippen LogP contribution >= 0.6 is 0 Å². The van der Waals surface area contributed by atoms with Crippen LogP contribution in [0.2, 0.25) is 0 Å². The lowest BCUT2D eigenvalue weighted by Gasteiger charge is -2.54. The number of rotatable bonds is 5. The van der Waals surface area contributed by atoms with Crippen molar-refractivity contribution in [1.82, 2.24) is 15.0 Å². The SMILES string of the molecule is CCC1CC2CC(C)C3(c4ccccc4-c4cc(-c5cccc6oc7ccc8ccccc8c7c56)c(-c5nc(-c6ccccc6)nc(-c6ccc7c(c6)-c6ccccc6C7(C)C)n5)cc43)C(C1)C2. The second-order valence-electron chi connectivity index (χ2n) is 21.1. The predicted molar refractivity (Wildman–Crippen MR) is 279 cm³/mol. The van der Waals surface area contributed by atoms with Crippen LogP contribution in [0.25, 0.3) is 100 Å². The molecule has 0 aliphatic heterocycles. The third-order valence-corrected chi connectivity index (χ3v) is 17.3. The van der Waals surface area contributed by atoms with Gasteiger partial charge in [-0.15, -0.1) is 0 Å². The highest BCUT2D eigenvalue weighted by Gasteiger charge is 2.57. The molecule has 0 radical (unpaired) electrons. The molecule has 2 bridgehead atoms. The zero-order valence-electron chi connectivity index (χ0n) is 39.2. The molecule has 2 heterocycles. The molecule has 4 nitrogen and oxygen atoms in total. The normalized spacial score (nSPS) is 21.8. The highest BCUT2D eigenvalue weighted by Crippen LogP contribution is 2.66. The summed E-state index contributed by atoms with van der Waals surface area (Å²) in [7, 11) is 0. The summed E-state index contributed by atoms with van der Waals surface area (Å²) in [6.45, 7) is 9.65. The van der Waals surface area contributed by atoms with Crippen molar-refractivity contribution in [3.05, 3.63) is 186 Å². The van der Waals surface area contributed by atoms with Crippen molar-refractivity contribution in [3.8, 4) is 67.5 Å². The Bertz CT molecular complexity index is 3710. The Kier molecular flexibility index (Phi) is 8.61. The molecule has 68 heavy (non-hydrogen) atoms. The van der Waals surface area contributed by atoms with Crippen molar-refractivity contribution in [2.45, 2.75) is 70.6 Å². The number of benzene rings is 8. The zero-order valence-corrected chi connectivity index (χ0v) is 39.2. The standard InChI is InChI=1S/C64H53N3O/c1-5-38-31-39-30-37(2)64(43(32-38)33-39)54-24-14-12-21-46(54)50-35-48(47-22-15-25-56-59(47)58-44-19-10-9-16-40(44)27-29-57(58)68-56)51(36-55(50)64)62-66-60(41-17-7-6-8-18-41)65-61(67-62)42-26-28-53-49(34-42)45-20-11-13-23-52(45)63(53,3)4/h6-29,34-39,43H,5,30-33H2,1-4H3. The van der Waals surface area contributed by atoms with E-state index in [-0.39, 0.29) is 10.8 Å². The van der Waals surface area contributed by atoms with E-state index in [2.05, 4.69) is 191 Å². The van der Waals surface area contributed by atoms with Crippen LogP contribution in [0.5, 0.6) is 0 Å². The summed E-state index contributed by atoms with van der Waals surface area (Å²) in [5.41, 5.74) is 17.6. The number of hydrogen-bond donors (Lipinski definition) is 0. The average Bonchev–Trinajstić information content (AvgIpc) is 3.99. The molecule has 2 saturated carbocycles. The van der Waals surface area contributed by atoms with Gasteiger partial charge in [-0.3, -0.25) is 0 Å². The molecule has 8 aromatic carbocycles. The quantitative estimate of drug-likeness (QED) is 0.173. The smallest absolute Gasteiger partial charge is 0.164 e. The van der Waals surface area contributed by atoms with Crippen LogP contribution in [0.15, 0.2) is 168 Å². The summed E-state index contributed by atoms with van der Waals surface area (Å²) in [6.07, 6.45) is 6.41. The minimum atomic E-state index is -0.119. The van der Waals surface area contributed by atoms with E-state index in [9.17, 15) is 0 Å². The molecule has 10 aromatic rings. The number of furan rings is 1. The molecule has 0 saturated heterocycles. The maximum Gasteiger partial charge on any atom is 0.164 e. The first-order valence-electron chi connectivity index (χ1n) is 25.0. The Morgan fingerprint density at radius 2 is 1.16 bits per heavy atom. The van der Waals surface area contributed by atoms with E-state index in [0.29, 0.717) is 29.3 Å². The van der Waals surface area contributed by atoms with Crippen LogP contribution in [0, 0.1) is 23.7 Å². The van der Waals surface area contributed by atoms with Gasteiger partial charge in [-0.2, -0.15) is 0 Å². The maximum absolute atomic E-state index is 6.78. The van der Waals surface area contributed by atoms with Crippen molar-refractivity contribution in [2.24, 2.45) is 23.7 Å². The fraction of sp³-hybridized carbons (Fsp3) is 0.234. The Balaban J connectivity index is 1.08. The van der Waals surface area contributed by atoms with Gasteiger partial charge in [0.1, 0.15) is 11.2 Å². The van der Waals surface area contributed by atoms with E-state index in [1.807, 2.05) is 0 Å². The summed E-state index contributed by atoms with van der Waals surface area (Å²) < 4.78 is 6.78. The van der Waals surface area contributed by atoms with Crippen molar-refractivity contribution < 1.29 is 4.42 Å². The highest BCUT2D eigenvalue weighted by atomic mass is 16.3. The number of nitrogens with zero attached hydrogens (tertiary/aromatic N) is 3. The van der Waals surface area contributed by atoms with Crippen LogP contribution in [0.3, 0.4) is 0 Å². The molecular weight excluding hydrogens is 827 g/mol. The number of fused-ring (bicyclic) bond motifs is 16. The first-order chi connectivity index (χ1) is 33.3. The van der Waals surface area contributed by atoms with Gasteiger partial charge in [0.05, 0.1) is 0 Å². The molecular formula is C64H53N3O. The molecule has 4 aliphatic rings.